The minimum atomic E-state index is -0.560. The van der Waals surface area contributed by atoms with Gasteiger partial charge in [-0.05, 0) is 43.7 Å². The summed E-state index contributed by atoms with van der Waals surface area (Å²) in [6, 6.07) is 7.49. The van der Waals surface area contributed by atoms with Crippen molar-refractivity contribution in [2.75, 3.05) is 32.1 Å². The maximum Gasteiger partial charge on any atom is 0.257 e. The monoisotopic (exact) mass is 412 g/mol. The zero-order valence-electron chi connectivity index (χ0n) is 17.3. The Labute approximate surface area is 176 Å². The first-order chi connectivity index (χ1) is 14.6. The Morgan fingerprint density at radius 1 is 1.20 bits per heavy atom. The largest absolute Gasteiger partial charge is 0.494 e. The van der Waals surface area contributed by atoms with E-state index >= 15 is 0 Å². The van der Waals surface area contributed by atoms with Crippen LogP contribution >= 0.6 is 0 Å². The average molecular weight is 412 g/mol. The van der Waals surface area contributed by atoms with Gasteiger partial charge in [0.05, 0.1) is 18.3 Å². The maximum absolute atomic E-state index is 12.9. The number of hydrogen-bond acceptors (Lipinski definition) is 7. The Balaban J connectivity index is 1.39. The summed E-state index contributed by atoms with van der Waals surface area (Å²) >= 11 is 0. The van der Waals surface area contributed by atoms with E-state index in [2.05, 4.69) is 15.3 Å². The van der Waals surface area contributed by atoms with Crippen molar-refractivity contribution in [3.63, 3.8) is 0 Å². The van der Waals surface area contributed by atoms with Crippen LogP contribution < -0.4 is 14.8 Å². The van der Waals surface area contributed by atoms with Gasteiger partial charge in [0.2, 0.25) is 5.95 Å². The number of benzene rings is 1. The second-order valence-electron chi connectivity index (χ2n) is 7.88. The first-order valence-electron chi connectivity index (χ1n) is 10.4. The highest BCUT2D eigenvalue weighted by Crippen LogP contribution is 2.38. The molecule has 0 bridgehead atoms. The zero-order valence-corrected chi connectivity index (χ0v) is 17.3. The van der Waals surface area contributed by atoms with Gasteiger partial charge >= 0.3 is 0 Å². The van der Waals surface area contributed by atoms with Crippen LogP contribution in [0.4, 0.5) is 5.95 Å². The van der Waals surface area contributed by atoms with Gasteiger partial charge in [-0.1, -0.05) is 6.07 Å². The number of nitrogens with zero attached hydrogens (tertiary/aromatic N) is 3. The summed E-state index contributed by atoms with van der Waals surface area (Å²) < 4.78 is 11.6. The fourth-order valence-electron chi connectivity index (χ4n) is 4.41. The average Bonchev–Trinajstić information content (AvgIpc) is 3.17. The SMILES string of the molecule is CCOc1cccc(O[C@@H]2C[C@@H]3CN(C(=O)c4cnc(NC)nc4)C[C@@H]3C[C@H]2O)c1. The van der Waals surface area contributed by atoms with Gasteiger partial charge in [-0.2, -0.15) is 0 Å². The Morgan fingerprint density at radius 3 is 2.60 bits per heavy atom. The summed E-state index contributed by atoms with van der Waals surface area (Å²) in [5.41, 5.74) is 0.480. The van der Waals surface area contributed by atoms with Crippen molar-refractivity contribution in [1.82, 2.24) is 14.9 Å². The molecule has 2 aliphatic rings. The van der Waals surface area contributed by atoms with Gasteiger partial charge < -0.3 is 24.8 Å². The van der Waals surface area contributed by atoms with E-state index in [0.29, 0.717) is 55.7 Å². The molecule has 1 aliphatic carbocycles. The van der Waals surface area contributed by atoms with Crippen LogP contribution in [0.1, 0.15) is 30.1 Å². The van der Waals surface area contributed by atoms with Gasteiger partial charge in [-0.15, -0.1) is 0 Å². The summed E-state index contributed by atoms with van der Waals surface area (Å²) in [4.78, 5) is 23.0. The van der Waals surface area contributed by atoms with Crippen LogP contribution in [0.15, 0.2) is 36.7 Å². The minimum Gasteiger partial charge on any atom is -0.494 e. The third-order valence-electron chi connectivity index (χ3n) is 5.90. The Hall–Kier alpha value is -2.87. The third-order valence-corrected chi connectivity index (χ3v) is 5.90. The maximum atomic E-state index is 12.9. The van der Waals surface area contributed by atoms with E-state index in [0.717, 1.165) is 5.75 Å². The third kappa shape index (κ3) is 4.33. The first-order valence-corrected chi connectivity index (χ1v) is 10.4. The number of nitrogens with one attached hydrogen (secondary N) is 1. The molecular formula is C22H28N4O4. The molecule has 0 unspecified atom stereocenters. The van der Waals surface area contributed by atoms with Crippen LogP contribution in [0.2, 0.25) is 0 Å². The number of anilines is 1. The number of ether oxygens (including phenoxy) is 2. The van der Waals surface area contributed by atoms with E-state index in [4.69, 9.17) is 9.47 Å². The molecule has 4 rings (SSSR count). The lowest BCUT2D eigenvalue weighted by Crippen LogP contribution is -2.42. The van der Waals surface area contributed by atoms with Crippen molar-refractivity contribution in [3.8, 4) is 11.5 Å². The van der Waals surface area contributed by atoms with Gasteiger partial charge in [0, 0.05) is 38.6 Å². The number of aliphatic hydroxyl groups is 1. The molecule has 0 spiro atoms. The molecule has 1 amide bonds. The molecule has 1 saturated heterocycles. The van der Waals surface area contributed by atoms with E-state index in [1.807, 2.05) is 36.1 Å². The number of hydrogen-bond donors (Lipinski definition) is 2. The first kappa shape index (κ1) is 20.4. The molecule has 2 fully saturated rings. The standard InChI is InChI=1S/C22H28N4O4/c1-3-29-17-5-4-6-18(9-17)30-20-8-15-13-26(12-14(15)7-19(20)27)21(28)16-10-24-22(23-2)25-11-16/h4-6,9-11,14-15,19-20,27H,3,7-8,12-13H2,1-2H3,(H,23,24,25)/t14-,15+,19+,20+/m0/s1. The van der Waals surface area contributed by atoms with E-state index < -0.39 is 6.10 Å². The molecule has 1 aromatic carbocycles. The molecule has 30 heavy (non-hydrogen) atoms. The van der Waals surface area contributed by atoms with Crippen LogP contribution in [0.5, 0.6) is 11.5 Å². The van der Waals surface area contributed by atoms with Crippen molar-refractivity contribution < 1.29 is 19.4 Å². The number of amides is 1. The predicted molar refractivity (Wildman–Crippen MR) is 112 cm³/mol. The molecule has 1 aliphatic heterocycles. The molecular weight excluding hydrogens is 384 g/mol. The highest BCUT2D eigenvalue weighted by molar-refractivity contribution is 5.93. The predicted octanol–water partition coefficient (Wildman–Crippen LogP) is 2.21. The number of rotatable bonds is 6. The lowest BCUT2D eigenvalue weighted by molar-refractivity contribution is -0.0232. The van der Waals surface area contributed by atoms with Crippen molar-refractivity contribution in [1.29, 1.82) is 0 Å². The topological polar surface area (TPSA) is 96.8 Å². The summed E-state index contributed by atoms with van der Waals surface area (Å²) in [7, 11) is 1.73. The van der Waals surface area contributed by atoms with Gasteiger partial charge in [0.15, 0.2) is 0 Å². The fraction of sp³-hybridized carbons (Fsp3) is 0.500. The Morgan fingerprint density at radius 2 is 1.90 bits per heavy atom. The molecule has 4 atom stereocenters. The lowest BCUT2D eigenvalue weighted by Gasteiger charge is -2.35. The highest BCUT2D eigenvalue weighted by atomic mass is 16.5. The van der Waals surface area contributed by atoms with Crippen molar-refractivity contribution in [3.05, 3.63) is 42.2 Å². The summed E-state index contributed by atoms with van der Waals surface area (Å²) in [6.45, 7) is 3.82. The quantitative estimate of drug-likeness (QED) is 0.751. The van der Waals surface area contributed by atoms with Crippen molar-refractivity contribution >= 4 is 11.9 Å². The van der Waals surface area contributed by atoms with E-state index in [1.165, 1.54) is 0 Å². The normalized spacial score (nSPS) is 25.5. The lowest BCUT2D eigenvalue weighted by atomic mass is 9.78. The molecule has 1 saturated carbocycles. The van der Waals surface area contributed by atoms with Crippen LogP contribution in [0.25, 0.3) is 0 Å². The van der Waals surface area contributed by atoms with Crippen LogP contribution in [0.3, 0.4) is 0 Å². The zero-order chi connectivity index (χ0) is 21.1. The van der Waals surface area contributed by atoms with E-state index in [-0.39, 0.29) is 17.9 Å². The summed E-state index contributed by atoms with van der Waals surface area (Å²) in [5.74, 6) is 2.44. The molecule has 8 heteroatoms. The number of likely N-dealkylation sites (tertiary alicyclic amines) is 1. The Kier molecular flexibility index (Phi) is 6.03. The highest BCUT2D eigenvalue weighted by Gasteiger charge is 2.44. The van der Waals surface area contributed by atoms with Gasteiger partial charge in [-0.3, -0.25) is 4.79 Å². The van der Waals surface area contributed by atoms with Crippen LogP contribution in [-0.2, 0) is 0 Å². The minimum absolute atomic E-state index is 0.0663. The smallest absolute Gasteiger partial charge is 0.257 e. The van der Waals surface area contributed by atoms with Crippen molar-refractivity contribution in [2.24, 2.45) is 11.8 Å². The second-order valence-corrected chi connectivity index (χ2v) is 7.88. The molecule has 8 nitrogen and oxygen atoms in total. The fourth-order valence-corrected chi connectivity index (χ4v) is 4.41. The molecule has 2 heterocycles. The molecule has 1 aromatic heterocycles. The summed E-state index contributed by atoms with van der Waals surface area (Å²) in [5, 5.41) is 13.5. The molecule has 0 radical (unpaired) electrons. The van der Waals surface area contributed by atoms with Crippen LogP contribution in [0, 0.1) is 11.8 Å². The summed E-state index contributed by atoms with van der Waals surface area (Å²) in [6.07, 6.45) is 3.58. The molecule has 2 N–H and O–H groups in total. The number of aromatic nitrogens is 2. The van der Waals surface area contributed by atoms with Crippen LogP contribution in [-0.4, -0.2) is 64.8 Å². The molecule has 2 aromatic rings. The second kappa shape index (κ2) is 8.87. The number of carbonyl (C=O) groups is 1. The van der Waals surface area contributed by atoms with E-state index in [9.17, 15) is 9.90 Å². The van der Waals surface area contributed by atoms with Gasteiger partial charge in [-0.25, -0.2) is 9.97 Å². The van der Waals surface area contributed by atoms with E-state index in [1.54, 1.807) is 19.4 Å². The molecule has 160 valence electrons. The van der Waals surface area contributed by atoms with Gasteiger partial charge in [0.25, 0.3) is 5.91 Å². The number of aliphatic hydroxyl groups excluding tert-OH is 1. The van der Waals surface area contributed by atoms with Gasteiger partial charge in [0.1, 0.15) is 17.6 Å². The number of carbonyl (C=O) groups excluding carboxylic acids is 1. The van der Waals surface area contributed by atoms with Crippen molar-refractivity contribution in [2.45, 2.75) is 32.0 Å². The number of fused-ring (bicyclic) bond motifs is 1. The Bertz CT molecular complexity index is 876.